The standard InChI is InChI=1S/C7H6F.ClH.Zn/c1-6-4-2-3-5-7(6)8;;/h2-5H,1H2;1H;/q-1;;. The van der Waals surface area contributed by atoms with Crippen molar-refractivity contribution in [1.29, 1.82) is 0 Å². The van der Waals surface area contributed by atoms with Crippen molar-refractivity contribution in [2.24, 2.45) is 0 Å². The van der Waals surface area contributed by atoms with Gasteiger partial charge in [0.05, 0.1) is 0 Å². The Kier molecular flexibility index (Phi) is 7.18. The number of hydrogen-bond acceptors (Lipinski definition) is 0. The second kappa shape index (κ2) is 5.70. The SMILES string of the molecule is Cl.[CH2-]c1ccccc1F.[Zn]. The summed E-state index contributed by atoms with van der Waals surface area (Å²) in [5.74, 6) is -0.243. The van der Waals surface area contributed by atoms with Crippen molar-refractivity contribution in [3.63, 3.8) is 0 Å². The summed E-state index contributed by atoms with van der Waals surface area (Å²) >= 11 is 0. The Morgan fingerprint density at radius 3 is 2.00 bits per heavy atom. The molecule has 0 radical (unpaired) electrons. The van der Waals surface area contributed by atoms with Crippen molar-refractivity contribution in [1.82, 2.24) is 0 Å². The molecule has 0 bridgehead atoms. The van der Waals surface area contributed by atoms with Crippen molar-refractivity contribution in [2.75, 3.05) is 0 Å². The topological polar surface area (TPSA) is 0 Å². The molecule has 0 aliphatic heterocycles. The maximum Gasteiger partial charge on any atom is 0.0157 e. The van der Waals surface area contributed by atoms with Crippen LogP contribution in [0.15, 0.2) is 24.3 Å². The van der Waals surface area contributed by atoms with Crippen LogP contribution in [-0.2, 0) is 19.5 Å². The van der Waals surface area contributed by atoms with E-state index in [0.717, 1.165) is 0 Å². The van der Waals surface area contributed by atoms with Crippen LogP contribution >= 0.6 is 12.4 Å². The van der Waals surface area contributed by atoms with Gasteiger partial charge in [0, 0.05) is 25.3 Å². The first-order valence-corrected chi connectivity index (χ1v) is 2.37. The number of halogens is 2. The van der Waals surface area contributed by atoms with Crippen LogP contribution in [0.1, 0.15) is 5.56 Å². The first kappa shape index (κ1) is 12.6. The van der Waals surface area contributed by atoms with E-state index < -0.39 is 0 Å². The Balaban J connectivity index is 0. The first-order valence-electron chi connectivity index (χ1n) is 2.37. The molecule has 1 rings (SSSR count). The molecule has 0 saturated carbocycles. The van der Waals surface area contributed by atoms with Crippen molar-refractivity contribution in [2.45, 2.75) is 0 Å². The molecule has 0 fully saturated rings. The molecule has 1 aromatic carbocycles. The summed E-state index contributed by atoms with van der Waals surface area (Å²) in [5, 5.41) is 0. The number of benzene rings is 1. The maximum absolute atomic E-state index is 12.3. The van der Waals surface area contributed by atoms with Crippen LogP contribution in [-0.4, -0.2) is 0 Å². The van der Waals surface area contributed by atoms with Crippen LogP contribution in [0, 0.1) is 12.7 Å². The molecule has 0 aliphatic rings. The molecular weight excluding hydrogens is 204 g/mol. The fourth-order valence-corrected chi connectivity index (χ4v) is 0.498. The van der Waals surface area contributed by atoms with E-state index in [0.29, 0.717) is 5.56 Å². The van der Waals surface area contributed by atoms with Gasteiger partial charge in [-0.2, -0.15) is 18.6 Å². The first-order chi connectivity index (χ1) is 3.80. The molecule has 3 heteroatoms. The summed E-state index contributed by atoms with van der Waals surface area (Å²) in [5.41, 5.74) is 0.451. The smallest absolute Gasteiger partial charge is 0.0157 e. The van der Waals surface area contributed by atoms with E-state index in [1.807, 2.05) is 0 Å². The molecule has 0 amide bonds. The molecule has 1 aromatic rings. The predicted molar refractivity (Wildman–Crippen MR) is 38.1 cm³/mol. The second-order valence-electron chi connectivity index (χ2n) is 1.59. The largest absolute Gasteiger partial charge is 0.284 e. The molecule has 0 aliphatic carbocycles. The van der Waals surface area contributed by atoms with Gasteiger partial charge in [0.25, 0.3) is 0 Å². The van der Waals surface area contributed by atoms with Crippen molar-refractivity contribution in [3.05, 3.63) is 42.6 Å². The fraction of sp³-hybridized carbons (Fsp3) is 0. The maximum atomic E-state index is 12.3. The minimum atomic E-state index is -0.243. The third-order valence-corrected chi connectivity index (χ3v) is 0.958. The zero-order chi connectivity index (χ0) is 5.98. The average Bonchev–Trinajstić information content (AvgIpc) is 1.77. The van der Waals surface area contributed by atoms with Gasteiger partial charge in [-0.3, -0.25) is 4.39 Å². The monoisotopic (exact) mass is 209 g/mol. The van der Waals surface area contributed by atoms with E-state index in [9.17, 15) is 4.39 Å². The van der Waals surface area contributed by atoms with Crippen LogP contribution < -0.4 is 0 Å². The van der Waals surface area contributed by atoms with Gasteiger partial charge in [0.15, 0.2) is 0 Å². The minimum Gasteiger partial charge on any atom is -0.284 e. The molecule has 0 aromatic heterocycles. The Hall–Kier alpha value is -0.0666. The zero-order valence-electron chi connectivity index (χ0n) is 5.51. The average molecular weight is 211 g/mol. The van der Waals surface area contributed by atoms with Gasteiger partial charge in [-0.1, -0.05) is 12.1 Å². The number of hydrogen-bond donors (Lipinski definition) is 0. The zero-order valence-corrected chi connectivity index (χ0v) is 9.29. The van der Waals surface area contributed by atoms with Gasteiger partial charge in [0.1, 0.15) is 0 Å². The second-order valence-corrected chi connectivity index (χ2v) is 1.59. The molecule has 10 heavy (non-hydrogen) atoms. The van der Waals surface area contributed by atoms with Gasteiger partial charge >= 0.3 is 0 Å². The van der Waals surface area contributed by atoms with E-state index in [-0.39, 0.29) is 37.7 Å². The molecule has 0 unspecified atom stereocenters. The summed E-state index contributed by atoms with van der Waals surface area (Å²) in [7, 11) is 0. The van der Waals surface area contributed by atoms with Crippen molar-refractivity contribution < 1.29 is 23.9 Å². The van der Waals surface area contributed by atoms with E-state index >= 15 is 0 Å². The summed E-state index contributed by atoms with van der Waals surface area (Å²) in [6.07, 6.45) is 0. The Labute approximate surface area is 79.0 Å². The van der Waals surface area contributed by atoms with Crippen LogP contribution in [0.4, 0.5) is 4.39 Å². The van der Waals surface area contributed by atoms with Crippen LogP contribution in [0.25, 0.3) is 0 Å². The summed E-state index contributed by atoms with van der Waals surface area (Å²) in [6.45, 7) is 3.45. The van der Waals surface area contributed by atoms with Crippen LogP contribution in [0.3, 0.4) is 0 Å². The molecule has 0 N–H and O–H groups in total. The Bertz CT molecular complexity index is 170. The van der Waals surface area contributed by atoms with E-state index in [4.69, 9.17) is 0 Å². The van der Waals surface area contributed by atoms with Gasteiger partial charge < -0.3 is 0 Å². The predicted octanol–water partition coefficient (Wildman–Crippen LogP) is 2.43. The molecule has 52 valence electrons. The van der Waals surface area contributed by atoms with Crippen molar-refractivity contribution >= 4 is 12.4 Å². The van der Waals surface area contributed by atoms with Crippen LogP contribution in [0.5, 0.6) is 0 Å². The summed E-state index contributed by atoms with van der Waals surface area (Å²) in [6, 6.07) is 6.42. The fourth-order valence-electron chi connectivity index (χ4n) is 0.498. The molecule has 0 heterocycles. The number of rotatable bonds is 0. The Morgan fingerprint density at radius 2 is 1.70 bits per heavy atom. The quantitative estimate of drug-likeness (QED) is 0.456. The van der Waals surface area contributed by atoms with Gasteiger partial charge in [-0.25, -0.2) is 0 Å². The van der Waals surface area contributed by atoms with Gasteiger partial charge in [0.2, 0.25) is 0 Å². The van der Waals surface area contributed by atoms with Gasteiger partial charge in [-0.15, -0.1) is 18.5 Å². The molecule has 0 saturated heterocycles. The van der Waals surface area contributed by atoms with Crippen LogP contribution in [0.2, 0.25) is 0 Å². The Morgan fingerprint density at radius 1 is 1.20 bits per heavy atom. The van der Waals surface area contributed by atoms with E-state index in [1.54, 1.807) is 18.2 Å². The summed E-state index contributed by atoms with van der Waals surface area (Å²) in [4.78, 5) is 0. The molecule has 0 nitrogen and oxygen atoms in total. The normalized spacial score (nSPS) is 7.30. The minimum absolute atomic E-state index is 0. The summed E-state index contributed by atoms with van der Waals surface area (Å²) < 4.78 is 12.3. The van der Waals surface area contributed by atoms with E-state index in [1.165, 1.54) is 6.07 Å². The molecule has 0 atom stereocenters. The van der Waals surface area contributed by atoms with Gasteiger partial charge in [-0.05, 0) is 0 Å². The molecular formula is C7H7ClFZn-. The third kappa shape index (κ3) is 3.19. The van der Waals surface area contributed by atoms with E-state index in [2.05, 4.69) is 6.92 Å². The van der Waals surface area contributed by atoms with Crippen molar-refractivity contribution in [3.8, 4) is 0 Å². The molecule has 0 spiro atoms. The third-order valence-electron chi connectivity index (χ3n) is 0.958.